The molecular weight excluding hydrogens is 212 g/mol. The summed E-state index contributed by atoms with van der Waals surface area (Å²) in [5.74, 6) is 0. The minimum absolute atomic E-state index is 0.158. The van der Waals surface area contributed by atoms with Gasteiger partial charge in [-0.3, -0.25) is 0 Å². The van der Waals surface area contributed by atoms with Gasteiger partial charge in [-0.15, -0.1) is 0 Å². The van der Waals surface area contributed by atoms with E-state index in [9.17, 15) is 0 Å². The van der Waals surface area contributed by atoms with Crippen LogP contribution in [-0.2, 0) is 0 Å². The molecule has 0 spiro atoms. The third-order valence-corrected chi connectivity index (χ3v) is 4.39. The molecule has 0 unspecified atom stereocenters. The fourth-order valence-corrected chi connectivity index (χ4v) is 3.51. The number of hydrogen-bond donors (Lipinski definition) is 2. The quantitative estimate of drug-likeness (QED) is 0.749. The van der Waals surface area contributed by atoms with Crippen LogP contribution in [0.1, 0.15) is 67.2 Å². The average Bonchev–Trinajstić information content (AvgIpc) is 2.14. The minimum atomic E-state index is 0.158. The van der Waals surface area contributed by atoms with Gasteiger partial charge in [0.05, 0.1) is 0 Å². The number of hydrogen-bond acceptors (Lipinski definition) is 2. The number of aliphatic hydroxyl groups is 2. The van der Waals surface area contributed by atoms with E-state index in [-0.39, 0.29) is 29.5 Å². The molecule has 2 heteroatoms. The van der Waals surface area contributed by atoms with E-state index < -0.39 is 0 Å². The van der Waals surface area contributed by atoms with Crippen molar-refractivity contribution in [2.75, 3.05) is 13.2 Å². The van der Waals surface area contributed by atoms with Gasteiger partial charge in [0.2, 0.25) is 0 Å². The molecule has 0 saturated heterocycles. The second-order valence-electron chi connectivity index (χ2n) is 7.24. The van der Waals surface area contributed by atoms with Gasteiger partial charge < -0.3 is 10.2 Å². The fraction of sp³-hybridized carbons (Fsp3) is 1.00. The highest BCUT2D eigenvalue weighted by Gasteiger charge is 2.48. The van der Waals surface area contributed by atoms with Crippen LogP contribution in [0.25, 0.3) is 0 Å². The van der Waals surface area contributed by atoms with Crippen molar-refractivity contribution in [3.63, 3.8) is 0 Å². The standard InChI is InChI=1S/C15H32O2/c1-13(2,3)15(9-7-11-16,10-8-12-17)14(4,5)6/h16-17H,7-12H2,1-6H3. The molecule has 0 atom stereocenters. The topological polar surface area (TPSA) is 40.5 Å². The van der Waals surface area contributed by atoms with Gasteiger partial charge in [0, 0.05) is 13.2 Å². The molecule has 0 fully saturated rings. The Morgan fingerprint density at radius 2 is 0.941 bits per heavy atom. The molecule has 0 aliphatic rings. The van der Waals surface area contributed by atoms with E-state index in [2.05, 4.69) is 41.5 Å². The first-order valence-corrected chi connectivity index (χ1v) is 6.84. The van der Waals surface area contributed by atoms with E-state index in [1.54, 1.807) is 0 Å². The number of rotatable bonds is 6. The zero-order chi connectivity index (χ0) is 13.7. The summed E-state index contributed by atoms with van der Waals surface area (Å²) in [4.78, 5) is 0. The Hall–Kier alpha value is -0.0800. The lowest BCUT2D eigenvalue weighted by Gasteiger charge is -2.54. The molecule has 0 radical (unpaired) electrons. The van der Waals surface area contributed by atoms with Crippen molar-refractivity contribution in [3.8, 4) is 0 Å². The summed E-state index contributed by atoms with van der Waals surface area (Å²) in [7, 11) is 0. The van der Waals surface area contributed by atoms with Gasteiger partial charge in [-0.2, -0.15) is 0 Å². The second-order valence-corrected chi connectivity index (χ2v) is 7.24. The minimum Gasteiger partial charge on any atom is -0.396 e. The van der Waals surface area contributed by atoms with Crippen molar-refractivity contribution in [2.24, 2.45) is 16.2 Å². The van der Waals surface area contributed by atoms with E-state index in [0.29, 0.717) is 0 Å². The van der Waals surface area contributed by atoms with Gasteiger partial charge in [0.25, 0.3) is 0 Å². The molecular formula is C15H32O2. The molecule has 0 aromatic carbocycles. The van der Waals surface area contributed by atoms with Crippen molar-refractivity contribution < 1.29 is 10.2 Å². The maximum Gasteiger partial charge on any atom is 0.0431 e. The van der Waals surface area contributed by atoms with Crippen molar-refractivity contribution in [2.45, 2.75) is 67.2 Å². The summed E-state index contributed by atoms with van der Waals surface area (Å²) in [5.41, 5.74) is 0.511. The van der Waals surface area contributed by atoms with Crippen molar-refractivity contribution in [1.29, 1.82) is 0 Å². The van der Waals surface area contributed by atoms with Crippen LogP contribution in [0.5, 0.6) is 0 Å². The summed E-state index contributed by atoms with van der Waals surface area (Å²) >= 11 is 0. The summed E-state index contributed by atoms with van der Waals surface area (Å²) in [6, 6.07) is 0. The molecule has 17 heavy (non-hydrogen) atoms. The first-order valence-electron chi connectivity index (χ1n) is 6.84. The Labute approximate surface area is 107 Å². The Kier molecular flexibility index (Phi) is 6.16. The van der Waals surface area contributed by atoms with Crippen molar-refractivity contribution in [3.05, 3.63) is 0 Å². The van der Waals surface area contributed by atoms with Gasteiger partial charge in [-0.1, -0.05) is 41.5 Å². The molecule has 0 saturated carbocycles. The lowest BCUT2D eigenvalue weighted by molar-refractivity contribution is -0.0561. The first-order chi connectivity index (χ1) is 7.62. The van der Waals surface area contributed by atoms with Crippen LogP contribution < -0.4 is 0 Å². The average molecular weight is 244 g/mol. The van der Waals surface area contributed by atoms with Gasteiger partial charge in [0.1, 0.15) is 0 Å². The molecule has 2 N–H and O–H groups in total. The second kappa shape index (κ2) is 6.19. The zero-order valence-electron chi connectivity index (χ0n) is 12.6. The molecule has 0 aromatic rings. The Bertz CT molecular complexity index is 184. The Morgan fingerprint density at radius 3 is 1.12 bits per heavy atom. The lowest BCUT2D eigenvalue weighted by atomic mass is 9.50. The van der Waals surface area contributed by atoms with E-state index in [4.69, 9.17) is 10.2 Å². The van der Waals surface area contributed by atoms with Crippen LogP contribution in [0.4, 0.5) is 0 Å². The van der Waals surface area contributed by atoms with Gasteiger partial charge in [0.15, 0.2) is 0 Å². The maximum atomic E-state index is 9.14. The maximum absolute atomic E-state index is 9.14. The molecule has 0 heterocycles. The summed E-state index contributed by atoms with van der Waals surface area (Å²) < 4.78 is 0. The third-order valence-electron chi connectivity index (χ3n) is 4.39. The van der Waals surface area contributed by atoms with E-state index in [0.717, 1.165) is 25.7 Å². The van der Waals surface area contributed by atoms with E-state index in [1.165, 1.54) is 0 Å². The summed E-state index contributed by atoms with van der Waals surface area (Å²) in [5, 5.41) is 18.3. The Balaban J connectivity index is 5.22. The monoisotopic (exact) mass is 244 g/mol. The molecule has 0 bridgehead atoms. The van der Waals surface area contributed by atoms with Gasteiger partial charge in [-0.05, 0) is 41.9 Å². The smallest absolute Gasteiger partial charge is 0.0431 e. The van der Waals surface area contributed by atoms with Gasteiger partial charge in [-0.25, -0.2) is 0 Å². The highest BCUT2D eigenvalue weighted by atomic mass is 16.3. The molecule has 2 nitrogen and oxygen atoms in total. The normalized spacial score (nSPS) is 14.1. The highest BCUT2D eigenvalue weighted by Crippen LogP contribution is 2.57. The van der Waals surface area contributed by atoms with Crippen LogP contribution in [0, 0.1) is 16.2 Å². The molecule has 0 aliphatic carbocycles. The fourth-order valence-electron chi connectivity index (χ4n) is 3.51. The van der Waals surface area contributed by atoms with Crippen LogP contribution in [0.2, 0.25) is 0 Å². The van der Waals surface area contributed by atoms with Crippen molar-refractivity contribution >= 4 is 0 Å². The highest BCUT2D eigenvalue weighted by molar-refractivity contribution is 4.98. The van der Waals surface area contributed by atoms with Crippen LogP contribution in [0.15, 0.2) is 0 Å². The zero-order valence-corrected chi connectivity index (χ0v) is 12.6. The number of aliphatic hydroxyl groups excluding tert-OH is 2. The van der Waals surface area contributed by atoms with Crippen molar-refractivity contribution in [1.82, 2.24) is 0 Å². The lowest BCUT2D eigenvalue weighted by Crippen LogP contribution is -2.46. The Morgan fingerprint density at radius 1 is 0.647 bits per heavy atom. The predicted octanol–water partition coefficient (Wildman–Crippen LogP) is 3.61. The van der Waals surface area contributed by atoms with Crippen LogP contribution in [-0.4, -0.2) is 23.4 Å². The van der Waals surface area contributed by atoms with Crippen LogP contribution >= 0.6 is 0 Å². The van der Waals surface area contributed by atoms with E-state index in [1.807, 2.05) is 0 Å². The molecule has 104 valence electrons. The van der Waals surface area contributed by atoms with Crippen LogP contribution in [0.3, 0.4) is 0 Å². The molecule has 0 aliphatic heterocycles. The SMILES string of the molecule is CC(C)(C)C(CCCO)(CCCO)C(C)(C)C. The first kappa shape index (κ1) is 16.9. The van der Waals surface area contributed by atoms with Gasteiger partial charge >= 0.3 is 0 Å². The summed E-state index contributed by atoms with van der Waals surface area (Å²) in [6.45, 7) is 14.2. The summed E-state index contributed by atoms with van der Waals surface area (Å²) in [6.07, 6.45) is 3.74. The third kappa shape index (κ3) is 3.96. The molecule has 0 aromatic heterocycles. The van der Waals surface area contributed by atoms with E-state index >= 15 is 0 Å². The predicted molar refractivity (Wildman–Crippen MR) is 74.0 cm³/mol. The molecule has 0 amide bonds. The largest absolute Gasteiger partial charge is 0.396 e. The molecule has 0 rings (SSSR count).